The molecule has 1 saturated carbocycles. The average Bonchev–Trinajstić information content (AvgIpc) is 2.68. The summed E-state index contributed by atoms with van der Waals surface area (Å²) < 4.78 is 11.1. The highest BCUT2D eigenvalue weighted by Crippen LogP contribution is 2.33. The Labute approximate surface area is 185 Å². The highest BCUT2D eigenvalue weighted by atomic mass is 16.5. The lowest BCUT2D eigenvalue weighted by Crippen LogP contribution is -2.29. The Hall–Kier alpha value is -1.06. The van der Waals surface area contributed by atoms with Gasteiger partial charge in [-0.25, -0.2) is 0 Å². The molecule has 4 nitrogen and oxygen atoms in total. The maximum absolute atomic E-state index is 12.4. The van der Waals surface area contributed by atoms with E-state index in [1.54, 1.807) is 0 Å². The van der Waals surface area contributed by atoms with E-state index in [0.29, 0.717) is 25.0 Å². The quantitative estimate of drug-likeness (QED) is 0.255. The summed E-state index contributed by atoms with van der Waals surface area (Å²) in [6.07, 6.45) is 6.87. The molecule has 0 heterocycles. The summed E-state index contributed by atoms with van der Waals surface area (Å²) in [7, 11) is 0. The van der Waals surface area contributed by atoms with Gasteiger partial charge in [-0.2, -0.15) is 0 Å². The summed E-state index contributed by atoms with van der Waals surface area (Å²) in [6.45, 7) is 19.0. The molecule has 0 unspecified atom stereocenters. The van der Waals surface area contributed by atoms with Gasteiger partial charge in [-0.3, -0.25) is 9.59 Å². The second-order valence-corrected chi connectivity index (χ2v) is 11.4. The number of ether oxygens (including phenoxy) is 2. The third kappa shape index (κ3) is 8.98. The smallest absolute Gasteiger partial charge is 0.308 e. The fraction of sp³-hybridized carbons (Fsp3) is 0.923. The van der Waals surface area contributed by atoms with Crippen LogP contribution in [0.3, 0.4) is 0 Å². The predicted octanol–water partition coefficient (Wildman–Crippen LogP) is 6.80. The van der Waals surface area contributed by atoms with E-state index in [4.69, 9.17) is 9.47 Å². The zero-order chi connectivity index (χ0) is 22.9. The van der Waals surface area contributed by atoms with Crippen molar-refractivity contribution < 1.29 is 19.1 Å². The number of hydrogen-bond donors (Lipinski definition) is 0. The molecule has 176 valence electrons. The molecule has 0 aromatic rings. The molecule has 0 saturated heterocycles. The number of rotatable bonds is 12. The predicted molar refractivity (Wildman–Crippen MR) is 123 cm³/mol. The van der Waals surface area contributed by atoms with Crippen molar-refractivity contribution >= 4 is 11.9 Å². The monoisotopic (exact) mass is 424 g/mol. The van der Waals surface area contributed by atoms with Gasteiger partial charge in [-0.05, 0) is 74.0 Å². The van der Waals surface area contributed by atoms with Crippen LogP contribution in [0.5, 0.6) is 0 Å². The van der Waals surface area contributed by atoms with E-state index in [-0.39, 0.29) is 34.6 Å². The maximum atomic E-state index is 12.4. The highest BCUT2D eigenvalue weighted by molar-refractivity contribution is 5.75. The van der Waals surface area contributed by atoms with Crippen LogP contribution < -0.4 is 0 Å². The Morgan fingerprint density at radius 3 is 1.27 bits per heavy atom. The molecule has 0 spiro atoms. The lowest BCUT2D eigenvalue weighted by Gasteiger charge is -2.30. The zero-order valence-electron chi connectivity index (χ0n) is 21.0. The number of carbonyl (C=O) groups excluding carboxylic acids is 2. The van der Waals surface area contributed by atoms with Crippen LogP contribution in [0.4, 0.5) is 0 Å². The summed E-state index contributed by atoms with van der Waals surface area (Å²) in [5.41, 5.74) is 0.546. The van der Waals surface area contributed by atoms with Crippen LogP contribution in [0.15, 0.2) is 0 Å². The Morgan fingerprint density at radius 2 is 1.00 bits per heavy atom. The summed E-state index contributed by atoms with van der Waals surface area (Å²) in [5, 5.41) is 0. The van der Waals surface area contributed by atoms with Crippen LogP contribution >= 0.6 is 0 Å². The largest absolute Gasteiger partial charge is 0.465 e. The van der Waals surface area contributed by atoms with E-state index >= 15 is 0 Å². The minimum absolute atomic E-state index is 0.0565. The highest BCUT2D eigenvalue weighted by Gasteiger charge is 2.32. The first-order valence-corrected chi connectivity index (χ1v) is 12.2. The standard InChI is InChI=1S/C26H48O4/c1-19(2)25(5,6)15-9-17-29-23(27)21-11-13-22(14-12-21)24(28)30-18-10-16-26(7,8)20(3)4/h19-22H,9-18H2,1-8H3. The molecule has 0 aromatic carbocycles. The van der Waals surface area contributed by atoms with Gasteiger partial charge in [0.25, 0.3) is 0 Å². The van der Waals surface area contributed by atoms with E-state index in [2.05, 4.69) is 55.4 Å². The Kier molecular flexibility index (Phi) is 10.9. The molecule has 0 aliphatic heterocycles. The van der Waals surface area contributed by atoms with E-state index in [9.17, 15) is 9.59 Å². The number of carbonyl (C=O) groups is 2. The molecule has 0 atom stereocenters. The molecule has 0 bridgehead atoms. The van der Waals surface area contributed by atoms with Crippen LogP contribution in [0, 0.1) is 34.5 Å². The summed E-state index contributed by atoms with van der Waals surface area (Å²) in [4.78, 5) is 24.7. The number of hydrogen-bond acceptors (Lipinski definition) is 4. The van der Waals surface area contributed by atoms with Crippen molar-refractivity contribution in [1.82, 2.24) is 0 Å². The van der Waals surface area contributed by atoms with Crippen molar-refractivity contribution in [2.24, 2.45) is 34.5 Å². The van der Waals surface area contributed by atoms with Crippen molar-refractivity contribution in [2.75, 3.05) is 13.2 Å². The lowest BCUT2D eigenvalue weighted by molar-refractivity contribution is -0.155. The third-order valence-corrected chi connectivity index (χ3v) is 7.94. The van der Waals surface area contributed by atoms with Gasteiger partial charge < -0.3 is 9.47 Å². The van der Waals surface area contributed by atoms with Crippen molar-refractivity contribution in [3.05, 3.63) is 0 Å². The molecule has 0 N–H and O–H groups in total. The molecule has 30 heavy (non-hydrogen) atoms. The molecule has 1 rings (SSSR count). The van der Waals surface area contributed by atoms with Crippen LogP contribution in [0.2, 0.25) is 0 Å². The van der Waals surface area contributed by atoms with Gasteiger partial charge >= 0.3 is 11.9 Å². The molecule has 0 amide bonds. The summed E-state index contributed by atoms with van der Waals surface area (Å²) in [5.74, 6) is 0.952. The molecule has 1 aliphatic rings. The van der Waals surface area contributed by atoms with Crippen molar-refractivity contribution in [3.8, 4) is 0 Å². The summed E-state index contributed by atoms with van der Waals surface area (Å²) >= 11 is 0. The Morgan fingerprint density at radius 1 is 0.700 bits per heavy atom. The lowest BCUT2D eigenvalue weighted by atomic mass is 9.77. The maximum Gasteiger partial charge on any atom is 0.308 e. The molecule has 1 fully saturated rings. The van der Waals surface area contributed by atoms with Gasteiger partial charge in [-0.15, -0.1) is 0 Å². The van der Waals surface area contributed by atoms with Crippen molar-refractivity contribution in [1.29, 1.82) is 0 Å². The molecule has 0 radical (unpaired) electrons. The zero-order valence-corrected chi connectivity index (χ0v) is 21.0. The van der Waals surface area contributed by atoms with E-state index in [1.807, 2.05) is 0 Å². The molecular weight excluding hydrogens is 376 g/mol. The normalized spacial score (nSPS) is 20.5. The van der Waals surface area contributed by atoms with E-state index in [0.717, 1.165) is 51.4 Å². The van der Waals surface area contributed by atoms with Crippen LogP contribution in [-0.4, -0.2) is 25.2 Å². The fourth-order valence-corrected chi connectivity index (χ4v) is 3.78. The van der Waals surface area contributed by atoms with Gasteiger partial charge in [-0.1, -0.05) is 55.4 Å². The van der Waals surface area contributed by atoms with Gasteiger partial charge in [0.15, 0.2) is 0 Å². The Bertz CT molecular complexity index is 477. The molecule has 4 heteroatoms. The van der Waals surface area contributed by atoms with Crippen LogP contribution in [0.1, 0.15) is 107 Å². The molecular formula is C26H48O4. The fourth-order valence-electron chi connectivity index (χ4n) is 3.78. The van der Waals surface area contributed by atoms with E-state index < -0.39 is 0 Å². The average molecular weight is 425 g/mol. The van der Waals surface area contributed by atoms with Gasteiger partial charge in [0.1, 0.15) is 0 Å². The van der Waals surface area contributed by atoms with Crippen molar-refractivity contribution in [2.45, 2.75) is 107 Å². The van der Waals surface area contributed by atoms with Gasteiger partial charge in [0.2, 0.25) is 0 Å². The van der Waals surface area contributed by atoms with Crippen molar-refractivity contribution in [3.63, 3.8) is 0 Å². The first-order valence-electron chi connectivity index (χ1n) is 12.2. The molecule has 1 aliphatic carbocycles. The molecule has 0 aromatic heterocycles. The Balaban J connectivity index is 2.22. The topological polar surface area (TPSA) is 52.6 Å². The second-order valence-electron chi connectivity index (χ2n) is 11.4. The minimum Gasteiger partial charge on any atom is -0.465 e. The first kappa shape index (κ1) is 27.0. The van der Waals surface area contributed by atoms with Gasteiger partial charge in [0, 0.05) is 0 Å². The van der Waals surface area contributed by atoms with Crippen LogP contribution in [0.25, 0.3) is 0 Å². The second kappa shape index (κ2) is 12.1. The van der Waals surface area contributed by atoms with Crippen LogP contribution in [-0.2, 0) is 19.1 Å². The SMILES string of the molecule is CC(C)C(C)(C)CCCOC(=O)C1CCC(C(=O)OCCCC(C)(C)C(C)C)CC1. The van der Waals surface area contributed by atoms with E-state index in [1.165, 1.54) is 0 Å². The number of esters is 2. The first-order chi connectivity index (χ1) is 13.9. The van der Waals surface area contributed by atoms with Gasteiger partial charge in [0.05, 0.1) is 25.0 Å². The summed E-state index contributed by atoms with van der Waals surface area (Å²) in [6, 6.07) is 0. The third-order valence-electron chi connectivity index (χ3n) is 7.94. The minimum atomic E-state index is -0.0833.